The summed E-state index contributed by atoms with van der Waals surface area (Å²) in [5.41, 5.74) is 2.16. The number of hydrogen-bond donors (Lipinski definition) is 1. The molecule has 1 fully saturated rings. The molecule has 8 heteroatoms. The third kappa shape index (κ3) is 2.17. The number of hydrogen-bond acceptors (Lipinski definition) is 6. The van der Waals surface area contributed by atoms with Crippen molar-refractivity contribution in [3.63, 3.8) is 0 Å². The summed E-state index contributed by atoms with van der Waals surface area (Å²) in [5, 5.41) is 18.7. The van der Waals surface area contributed by atoms with E-state index in [0.717, 1.165) is 22.9 Å². The molecule has 3 aromatic heterocycles. The highest BCUT2D eigenvalue weighted by atomic mass is 16.2. The van der Waals surface area contributed by atoms with Crippen LogP contribution in [-0.2, 0) is 4.79 Å². The van der Waals surface area contributed by atoms with Crippen LogP contribution in [0.1, 0.15) is 24.5 Å². The largest absolute Gasteiger partial charge is 0.349 e. The zero-order valence-corrected chi connectivity index (χ0v) is 12.2. The molecule has 4 heterocycles. The molecular weight excluding hydrogens is 294 g/mol. The molecule has 8 nitrogen and oxygen atoms in total. The number of carbonyl (C=O) groups is 1. The lowest BCUT2D eigenvalue weighted by Crippen LogP contribution is -2.27. The van der Waals surface area contributed by atoms with Crippen LogP contribution in [0.2, 0.25) is 0 Å². The first-order valence-corrected chi connectivity index (χ1v) is 7.37. The fraction of sp³-hybridized carbons (Fsp3) is 0.333. The zero-order valence-electron chi connectivity index (χ0n) is 12.2. The van der Waals surface area contributed by atoms with Gasteiger partial charge in [0.1, 0.15) is 6.42 Å². The summed E-state index contributed by atoms with van der Waals surface area (Å²) in [6.07, 6.45) is 4.07. The Balaban J connectivity index is 1.76. The van der Waals surface area contributed by atoms with Gasteiger partial charge in [0.2, 0.25) is 5.91 Å². The molecule has 1 unspecified atom stereocenters. The second kappa shape index (κ2) is 5.28. The number of aromatic amines is 1. The Morgan fingerprint density at radius 2 is 2.26 bits per heavy atom. The molecule has 1 atom stereocenters. The number of H-pyrrole nitrogens is 1. The van der Waals surface area contributed by atoms with Gasteiger partial charge in [-0.25, -0.2) is 9.97 Å². The third-order valence-corrected chi connectivity index (χ3v) is 4.27. The molecule has 1 aliphatic heterocycles. The van der Waals surface area contributed by atoms with E-state index >= 15 is 0 Å². The Kier molecular flexibility index (Phi) is 3.12. The number of likely N-dealkylation sites (tertiary alicyclic amines) is 1. The fourth-order valence-corrected chi connectivity index (χ4v) is 3.18. The molecule has 0 spiro atoms. The normalized spacial score (nSPS) is 17.7. The van der Waals surface area contributed by atoms with E-state index in [2.05, 4.69) is 25.1 Å². The maximum absolute atomic E-state index is 11.9. The van der Waals surface area contributed by atoms with Gasteiger partial charge in [-0.3, -0.25) is 4.79 Å². The Hall–Kier alpha value is -3.08. The molecule has 3 aromatic rings. The lowest BCUT2D eigenvalue weighted by molar-refractivity contribution is -0.129. The second-order valence-corrected chi connectivity index (χ2v) is 5.56. The van der Waals surface area contributed by atoms with Crippen LogP contribution in [0.25, 0.3) is 22.1 Å². The Morgan fingerprint density at radius 1 is 1.39 bits per heavy atom. The maximum atomic E-state index is 11.9. The maximum Gasteiger partial charge on any atom is 0.236 e. The van der Waals surface area contributed by atoms with Gasteiger partial charge >= 0.3 is 0 Å². The van der Waals surface area contributed by atoms with E-state index in [1.165, 1.54) is 0 Å². The minimum Gasteiger partial charge on any atom is -0.349 e. The van der Waals surface area contributed by atoms with Gasteiger partial charge in [0.25, 0.3) is 0 Å². The molecule has 1 N–H and O–H groups in total. The highest BCUT2D eigenvalue weighted by molar-refractivity contribution is 6.02. The first kappa shape index (κ1) is 13.6. The average Bonchev–Trinajstić information content (AvgIpc) is 3.23. The summed E-state index contributed by atoms with van der Waals surface area (Å²) in [4.78, 5) is 25.3. The first-order chi connectivity index (χ1) is 11.3. The van der Waals surface area contributed by atoms with Crippen LogP contribution in [0.5, 0.6) is 0 Å². The van der Waals surface area contributed by atoms with Gasteiger partial charge in [-0.1, -0.05) is 0 Å². The quantitative estimate of drug-likeness (QED) is 0.759. The SMILES string of the molecule is N#CCC(=O)N1CCC(c2[nH]cnc3nnc4nccc4c23)C1. The zero-order chi connectivity index (χ0) is 15.8. The van der Waals surface area contributed by atoms with Crippen molar-refractivity contribution < 1.29 is 4.79 Å². The van der Waals surface area contributed by atoms with E-state index < -0.39 is 0 Å². The molecule has 0 radical (unpaired) electrons. The predicted molar refractivity (Wildman–Crippen MR) is 81.2 cm³/mol. The van der Waals surface area contributed by atoms with Crippen LogP contribution in [0.4, 0.5) is 0 Å². The monoisotopic (exact) mass is 307 g/mol. The van der Waals surface area contributed by atoms with Crippen LogP contribution < -0.4 is 0 Å². The Labute approximate surface area is 131 Å². The summed E-state index contributed by atoms with van der Waals surface area (Å²) in [7, 11) is 0. The van der Waals surface area contributed by atoms with Gasteiger partial charge in [-0.15, -0.1) is 10.2 Å². The minimum atomic E-state index is -0.117. The van der Waals surface area contributed by atoms with Crippen LogP contribution in [0.15, 0.2) is 18.6 Å². The van der Waals surface area contributed by atoms with Crippen LogP contribution in [0.3, 0.4) is 0 Å². The molecular formula is C15H13N7O. The van der Waals surface area contributed by atoms with E-state index in [0.29, 0.717) is 24.4 Å². The third-order valence-electron chi connectivity index (χ3n) is 4.27. The van der Waals surface area contributed by atoms with Gasteiger partial charge in [0.05, 0.1) is 17.8 Å². The van der Waals surface area contributed by atoms with Gasteiger partial charge in [-0.05, 0) is 12.5 Å². The van der Waals surface area contributed by atoms with Crippen molar-refractivity contribution in [1.82, 2.24) is 30.0 Å². The highest BCUT2D eigenvalue weighted by Gasteiger charge is 2.29. The van der Waals surface area contributed by atoms with Crippen LogP contribution in [-0.4, -0.2) is 49.0 Å². The van der Waals surface area contributed by atoms with E-state index in [1.807, 2.05) is 12.1 Å². The number of rotatable bonds is 2. The summed E-state index contributed by atoms with van der Waals surface area (Å²) < 4.78 is 0. The molecule has 1 saturated heterocycles. The number of carbonyl (C=O) groups excluding carboxylic acids is 1. The number of nitrogens with one attached hydrogen (secondary N) is 1. The topological polar surface area (TPSA) is 111 Å². The van der Waals surface area contributed by atoms with Crippen molar-refractivity contribution in [3.05, 3.63) is 24.3 Å². The van der Waals surface area contributed by atoms with Gasteiger partial charge < -0.3 is 9.88 Å². The van der Waals surface area contributed by atoms with Gasteiger partial charge in [-0.2, -0.15) is 5.26 Å². The van der Waals surface area contributed by atoms with Crippen LogP contribution in [0, 0.1) is 11.3 Å². The van der Waals surface area contributed by atoms with Crippen LogP contribution >= 0.6 is 0 Å². The van der Waals surface area contributed by atoms with Gasteiger partial charge in [0, 0.05) is 36.3 Å². The van der Waals surface area contributed by atoms with Crippen molar-refractivity contribution in [1.29, 1.82) is 5.26 Å². The predicted octanol–water partition coefficient (Wildman–Crippen LogP) is 1.13. The summed E-state index contributed by atoms with van der Waals surface area (Å²) in [5.74, 6) is 0.0405. The summed E-state index contributed by atoms with van der Waals surface area (Å²) in [6.45, 7) is 1.25. The number of aromatic nitrogens is 5. The molecule has 0 saturated carbocycles. The highest BCUT2D eigenvalue weighted by Crippen LogP contribution is 2.32. The van der Waals surface area contributed by atoms with Gasteiger partial charge in [0.15, 0.2) is 11.3 Å². The average molecular weight is 307 g/mol. The first-order valence-electron chi connectivity index (χ1n) is 7.37. The van der Waals surface area contributed by atoms with Crippen molar-refractivity contribution in [2.45, 2.75) is 18.8 Å². The molecule has 114 valence electrons. The molecule has 0 aromatic carbocycles. The van der Waals surface area contributed by atoms with E-state index in [9.17, 15) is 4.79 Å². The molecule has 4 rings (SSSR count). The molecule has 1 amide bonds. The number of nitrogens with zero attached hydrogens (tertiary/aromatic N) is 6. The number of amides is 1. The van der Waals surface area contributed by atoms with Crippen molar-refractivity contribution in [3.8, 4) is 6.07 Å². The lowest BCUT2D eigenvalue weighted by Gasteiger charge is -2.16. The van der Waals surface area contributed by atoms with Crippen molar-refractivity contribution in [2.75, 3.05) is 13.1 Å². The smallest absolute Gasteiger partial charge is 0.236 e. The summed E-state index contributed by atoms with van der Waals surface area (Å²) >= 11 is 0. The molecule has 0 aliphatic carbocycles. The van der Waals surface area contributed by atoms with E-state index in [-0.39, 0.29) is 18.2 Å². The Morgan fingerprint density at radius 3 is 3.13 bits per heavy atom. The molecule has 23 heavy (non-hydrogen) atoms. The fourth-order valence-electron chi connectivity index (χ4n) is 3.18. The van der Waals surface area contributed by atoms with Crippen molar-refractivity contribution in [2.24, 2.45) is 0 Å². The Bertz CT molecular complexity index is 942. The minimum absolute atomic E-state index is 0.0734. The second-order valence-electron chi connectivity index (χ2n) is 5.56. The van der Waals surface area contributed by atoms with E-state index in [4.69, 9.17) is 5.26 Å². The van der Waals surface area contributed by atoms with E-state index in [1.54, 1.807) is 17.4 Å². The standard InChI is InChI=1S/C15H13N7O/c16-4-1-11(23)22-6-3-9(7-22)13-12-10-2-5-17-14(10)20-21-15(12)19-8-18-13/h2,5,8-9H,1,3,6-7H2,(H,18,19,21). The lowest BCUT2D eigenvalue weighted by atomic mass is 10.00. The summed E-state index contributed by atoms with van der Waals surface area (Å²) in [6, 6.07) is 3.82. The molecule has 1 aliphatic rings. The number of fused-ring (bicyclic) bond motifs is 3. The molecule has 0 bridgehead atoms. The number of nitriles is 1. The van der Waals surface area contributed by atoms with Crippen molar-refractivity contribution >= 4 is 28.0 Å².